The molecule has 0 spiro atoms. The van der Waals surface area contributed by atoms with Crippen LogP contribution in [-0.4, -0.2) is 16.1 Å². The number of halogens is 4. The molecule has 0 N–H and O–H groups in total. The predicted molar refractivity (Wildman–Crippen MR) is 77.1 cm³/mol. The van der Waals surface area contributed by atoms with E-state index in [-0.39, 0.29) is 10.6 Å². The van der Waals surface area contributed by atoms with E-state index in [1.54, 1.807) is 23.0 Å². The van der Waals surface area contributed by atoms with Crippen LogP contribution < -0.4 is 4.74 Å². The Bertz CT molecular complexity index is 634. The van der Waals surface area contributed by atoms with Crippen molar-refractivity contribution in [2.45, 2.75) is 18.1 Å². The average molecular weight is 361 g/mol. The van der Waals surface area contributed by atoms with Gasteiger partial charge >= 0.3 is 6.36 Å². The zero-order valence-corrected chi connectivity index (χ0v) is 12.6. The van der Waals surface area contributed by atoms with Crippen LogP contribution in [0.1, 0.15) is 23.0 Å². The van der Waals surface area contributed by atoms with Gasteiger partial charge in [0.1, 0.15) is 5.75 Å². The molecule has 0 aliphatic heterocycles. The average Bonchev–Trinajstić information content (AvgIpc) is 2.86. The third-order valence-corrected chi connectivity index (χ3v) is 3.66. The molecule has 1 heterocycles. The number of aromatic nitrogens is 2. The van der Waals surface area contributed by atoms with E-state index in [1.807, 2.05) is 13.0 Å². The van der Waals surface area contributed by atoms with Gasteiger partial charge in [-0.25, -0.2) is 4.68 Å². The standard InChI is InChI=1S/C14H12BrF3N2O/c1-9(2)20-8-7-12(19-20)13(15)10-3-5-11(6-4-10)21-14(16,17)18/h3-8,13H,1H2,2H3. The Labute approximate surface area is 128 Å². The van der Waals surface area contributed by atoms with Crippen molar-refractivity contribution < 1.29 is 17.9 Å². The zero-order valence-electron chi connectivity index (χ0n) is 11.1. The van der Waals surface area contributed by atoms with Crippen molar-refractivity contribution in [1.29, 1.82) is 0 Å². The van der Waals surface area contributed by atoms with Crippen molar-refractivity contribution in [1.82, 2.24) is 9.78 Å². The lowest BCUT2D eigenvalue weighted by atomic mass is 10.1. The molecule has 1 unspecified atom stereocenters. The topological polar surface area (TPSA) is 27.1 Å². The Hall–Kier alpha value is -1.76. The monoisotopic (exact) mass is 360 g/mol. The molecule has 2 aromatic rings. The van der Waals surface area contributed by atoms with Crippen molar-refractivity contribution in [3.63, 3.8) is 0 Å². The van der Waals surface area contributed by atoms with E-state index in [9.17, 15) is 13.2 Å². The first kappa shape index (κ1) is 15.6. The van der Waals surface area contributed by atoms with Gasteiger partial charge in [-0.2, -0.15) is 5.10 Å². The SMILES string of the molecule is C=C(C)n1ccc(C(Br)c2ccc(OC(F)(F)F)cc2)n1. The van der Waals surface area contributed by atoms with Crippen LogP contribution in [0, 0.1) is 0 Å². The normalized spacial score (nSPS) is 13.0. The van der Waals surface area contributed by atoms with E-state index in [2.05, 4.69) is 32.3 Å². The third-order valence-electron chi connectivity index (χ3n) is 2.67. The summed E-state index contributed by atoms with van der Waals surface area (Å²) in [6.07, 6.45) is -2.91. The first-order valence-corrected chi connectivity index (χ1v) is 6.89. The number of hydrogen-bond donors (Lipinski definition) is 0. The maximum atomic E-state index is 12.1. The molecule has 0 fully saturated rings. The van der Waals surface area contributed by atoms with E-state index in [4.69, 9.17) is 0 Å². The molecule has 0 saturated carbocycles. The summed E-state index contributed by atoms with van der Waals surface area (Å²) in [5, 5.41) is 4.33. The third kappa shape index (κ3) is 4.10. The summed E-state index contributed by atoms with van der Waals surface area (Å²) in [6.45, 7) is 5.60. The molecule has 112 valence electrons. The number of hydrogen-bond acceptors (Lipinski definition) is 2. The molecular formula is C14H12BrF3N2O. The summed E-state index contributed by atoms with van der Waals surface area (Å²) in [5.41, 5.74) is 2.29. The van der Waals surface area contributed by atoms with Crippen LogP contribution in [0.25, 0.3) is 5.70 Å². The van der Waals surface area contributed by atoms with E-state index in [1.165, 1.54) is 12.1 Å². The molecule has 0 saturated heterocycles. The summed E-state index contributed by atoms with van der Waals surface area (Å²) >= 11 is 3.47. The predicted octanol–water partition coefficient (Wildman–Crippen LogP) is 4.76. The molecule has 1 aromatic heterocycles. The van der Waals surface area contributed by atoms with Crippen LogP contribution in [0.4, 0.5) is 13.2 Å². The molecule has 0 radical (unpaired) electrons. The van der Waals surface area contributed by atoms with Gasteiger partial charge in [-0.3, -0.25) is 0 Å². The highest BCUT2D eigenvalue weighted by molar-refractivity contribution is 9.09. The second kappa shape index (κ2) is 5.93. The maximum Gasteiger partial charge on any atom is 0.573 e. The Morgan fingerprint density at radius 2 is 1.90 bits per heavy atom. The number of allylic oxidation sites excluding steroid dienone is 1. The minimum Gasteiger partial charge on any atom is -0.406 e. The lowest BCUT2D eigenvalue weighted by Gasteiger charge is -2.11. The highest BCUT2D eigenvalue weighted by Gasteiger charge is 2.31. The minimum absolute atomic E-state index is 0.224. The molecule has 2 rings (SSSR count). The highest BCUT2D eigenvalue weighted by Crippen LogP contribution is 2.31. The Morgan fingerprint density at radius 1 is 1.29 bits per heavy atom. The number of ether oxygens (including phenoxy) is 1. The number of alkyl halides is 4. The van der Waals surface area contributed by atoms with Crippen LogP contribution in [0.15, 0.2) is 43.1 Å². The van der Waals surface area contributed by atoms with E-state index < -0.39 is 6.36 Å². The van der Waals surface area contributed by atoms with Gasteiger partial charge in [-0.15, -0.1) is 13.2 Å². The second-order valence-corrected chi connectivity index (χ2v) is 5.32. The summed E-state index contributed by atoms with van der Waals surface area (Å²) in [5.74, 6) is -0.251. The summed E-state index contributed by atoms with van der Waals surface area (Å²) in [7, 11) is 0. The van der Waals surface area contributed by atoms with Crippen molar-refractivity contribution >= 4 is 21.6 Å². The smallest absolute Gasteiger partial charge is 0.406 e. The van der Waals surface area contributed by atoms with Crippen molar-refractivity contribution in [2.24, 2.45) is 0 Å². The molecule has 0 amide bonds. The van der Waals surface area contributed by atoms with Crippen LogP contribution in [0.3, 0.4) is 0 Å². The summed E-state index contributed by atoms with van der Waals surface area (Å²) in [6, 6.07) is 7.47. The van der Waals surface area contributed by atoms with Crippen LogP contribution in [0.5, 0.6) is 5.75 Å². The van der Waals surface area contributed by atoms with Gasteiger partial charge in [0.15, 0.2) is 0 Å². The molecule has 0 aliphatic carbocycles. The maximum absolute atomic E-state index is 12.1. The first-order chi connectivity index (χ1) is 9.76. The molecule has 0 bridgehead atoms. The van der Waals surface area contributed by atoms with Gasteiger partial charge in [-0.05, 0) is 30.7 Å². The zero-order chi connectivity index (χ0) is 15.6. The molecule has 3 nitrogen and oxygen atoms in total. The minimum atomic E-state index is -4.68. The summed E-state index contributed by atoms with van der Waals surface area (Å²) in [4.78, 5) is -0.224. The number of nitrogens with zero attached hydrogens (tertiary/aromatic N) is 2. The fraction of sp³-hybridized carbons (Fsp3) is 0.214. The fourth-order valence-corrected chi connectivity index (χ4v) is 2.24. The van der Waals surface area contributed by atoms with Gasteiger partial charge in [0.05, 0.1) is 10.5 Å². The quantitative estimate of drug-likeness (QED) is 0.735. The van der Waals surface area contributed by atoms with Gasteiger partial charge in [0.2, 0.25) is 0 Å². The molecule has 21 heavy (non-hydrogen) atoms. The van der Waals surface area contributed by atoms with E-state index in [0.717, 1.165) is 17.0 Å². The second-order valence-electron chi connectivity index (χ2n) is 4.40. The Balaban J connectivity index is 2.15. The number of rotatable bonds is 4. The van der Waals surface area contributed by atoms with Crippen LogP contribution in [-0.2, 0) is 0 Å². The molecule has 7 heteroatoms. The van der Waals surface area contributed by atoms with Crippen molar-refractivity contribution in [3.05, 3.63) is 54.4 Å². The van der Waals surface area contributed by atoms with Gasteiger partial charge in [0.25, 0.3) is 0 Å². The van der Waals surface area contributed by atoms with E-state index in [0.29, 0.717) is 0 Å². The van der Waals surface area contributed by atoms with Gasteiger partial charge < -0.3 is 4.74 Å². The van der Waals surface area contributed by atoms with Crippen LogP contribution >= 0.6 is 15.9 Å². The Kier molecular flexibility index (Phi) is 4.41. The fourth-order valence-electron chi connectivity index (χ4n) is 1.70. The lowest BCUT2D eigenvalue weighted by Crippen LogP contribution is -2.17. The lowest BCUT2D eigenvalue weighted by molar-refractivity contribution is -0.274. The van der Waals surface area contributed by atoms with Crippen molar-refractivity contribution in [2.75, 3.05) is 0 Å². The number of benzene rings is 1. The molecule has 0 aliphatic rings. The molecular weight excluding hydrogens is 349 g/mol. The highest BCUT2D eigenvalue weighted by atomic mass is 79.9. The van der Waals surface area contributed by atoms with Crippen molar-refractivity contribution in [3.8, 4) is 5.75 Å². The van der Waals surface area contributed by atoms with Gasteiger partial charge in [-0.1, -0.05) is 34.6 Å². The van der Waals surface area contributed by atoms with Gasteiger partial charge in [0, 0.05) is 11.9 Å². The van der Waals surface area contributed by atoms with E-state index >= 15 is 0 Å². The molecule has 1 atom stereocenters. The molecule has 1 aromatic carbocycles. The largest absolute Gasteiger partial charge is 0.573 e. The Morgan fingerprint density at radius 3 is 2.38 bits per heavy atom. The van der Waals surface area contributed by atoms with Crippen LogP contribution in [0.2, 0.25) is 0 Å². The summed E-state index contributed by atoms with van der Waals surface area (Å²) < 4.78 is 41.7. The first-order valence-electron chi connectivity index (χ1n) is 5.97.